The molecule has 21 heavy (non-hydrogen) atoms. The molecule has 1 N–H and O–H groups in total. The minimum absolute atomic E-state index is 0.163. The van der Waals surface area contributed by atoms with Gasteiger partial charge in [0.2, 0.25) is 5.91 Å². The van der Waals surface area contributed by atoms with Crippen molar-refractivity contribution in [2.24, 2.45) is 5.10 Å². The zero-order valence-corrected chi connectivity index (χ0v) is 13.1. The smallest absolute Gasteiger partial charge is 0.244 e. The Morgan fingerprint density at radius 2 is 1.95 bits per heavy atom. The van der Waals surface area contributed by atoms with E-state index in [1.165, 1.54) is 0 Å². The van der Waals surface area contributed by atoms with E-state index in [1.54, 1.807) is 13.3 Å². The van der Waals surface area contributed by atoms with Gasteiger partial charge in [-0.25, -0.2) is 5.43 Å². The maximum absolute atomic E-state index is 11.8. The number of benzene rings is 2. The molecule has 0 radical (unpaired) electrons. The molecule has 0 aromatic heterocycles. The number of carbonyl (C=O) groups is 1. The number of hydrogen-bond acceptors (Lipinski definition) is 3. The lowest BCUT2D eigenvalue weighted by Crippen LogP contribution is -2.19. The van der Waals surface area contributed by atoms with Gasteiger partial charge in [0.25, 0.3) is 0 Å². The predicted molar refractivity (Wildman–Crippen MR) is 86.6 cm³/mol. The highest BCUT2D eigenvalue weighted by Crippen LogP contribution is 2.14. The number of nitrogens with one attached hydrogen (secondary N) is 1. The Balaban J connectivity index is 1.91. The number of hydrazone groups is 1. The second-order valence-electron chi connectivity index (χ2n) is 4.34. The van der Waals surface area contributed by atoms with E-state index in [0.29, 0.717) is 5.75 Å². The molecule has 0 aliphatic carbocycles. The first-order chi connectivity index (χ1) is 10.2. The third-order valence-electron chi connectivity index (χ3n) is 2.81. The molecule has 0 saturated carbocycles. The van der Waals surface area contributed by atoms with Crippen LogP contribution in [0.25, 0.3) is 0 Å². The van der Waals surface area contributed by atoms with Crippen molar-refractivity contribution in [1.82, 2.24) is 5.43 Å². The van der Waals surface area contributed by atoms with E-state index in [9.17, 15) is 4.79 Å². The fraction of sp³-hybridized carbons (Fsp3) is 0.125. The summed E-state index contributed by atoms with van der Waals surface area (Å²) in [6.07, 6.45) is 1.86. The Morgan fingerprint density at radius 3 is 2.67 bits per heavy atom. The van der Waals surface area contributed by atoms with Crippen LogP contribution in [0.1, 0.15) is 11.1 Å². The van der Waals surface area contributed by atoms with Crippen LogP contribution in [-0.4, -0.2) is 19.2 Å². The van der Waals surface area contributed by atoms with Gasteiger partial charge in [-0.15, -0.1) is 0 Å². The van der Waals surface area contributed by atoms with Crippen LogP contribution in [-0.2, 0) is 11.2 Å². The van der Waals surface area contributed by atoms with Gasteiger partial charge in [0.1, 0.15) is 5.75 Å². The van der Waals surface area contributed by atoms with Crippen LogP contribution >= 0.6 is 15.9 Å². The van der Waals surface area contributed by atoms with Crippen molar-refractivity contribution in [3.05, 3.63) is 64.1 Å². The van der Waals surface area contributed by atoms with Crippen LogP contribution in [0.2, 0.25) is 0 Å². The summed E-state index contributed by atoms with van der Waals surface area (Å²) in [5, 5.41) is 3.95. The second kappa shape index (κ2) is 7.59. The van der Waals surface area contributed by atoms with E-state index in [-0.39, 0.29) is 12.3 Å². The molecule has 5 heteroatoms. The number of hydrogen-bond donors (Lipinski definition) is 1. The van der Waals surface area contributed by atoms with Crippen LogP contribution in [0, 0.1) is 0 Å². The van der Waals surface area contributed by atoms with Crippen molar-refractivity contribution in [3.63, 3.8) is 0 Å². The Kier molecular flexibility index (Phi) is 5.51. The summed E-state index contributed by atoms with van der Waals surface area (Å²) in [4.78, 5) is 11.8. The van der Waals surface area contributed by atoms with Crippen molar-refractivity contribution in [2.45, 2.75) is 6.42 Å². The van der Waals surface area contributed by atoms with Gasteiger partial charge in [0.15, 0.2) is 0 Å². The summed E-state index contributed by atoms with van der Waals surface area (Å²) in [5.74, 6) is 0.548. The number of nitrogens with zero attached hydrogens (tertiary/aromatic N) is 1. The normalized spacial score (nSPS) is 10.6. The molecule has 1 amide bonds. The number of para-hydroxylation sites is 1. The Bertz CT molecular complexity index is 639. The minimum atomic E-state index is -0.163. The minimum Gasteiger partial charge on any atom is -0.496 e. The topological polar surface area (TPSA) is 50.7 Å². The number of rotatable bonds is 5. The van der Waals surface area contributed by atoms with E-state index >= 15 is 0 Å². The predicted octanol–water partition coefficient (Wildman–Crippen LogP) is 3.15. The summed E-state index contributed by atoms with van der Waals surface area (Å²) >= 11 is 3.36. The van der Waals surface area contributed by atoms with E-state index in [1.807, 2.05) is 48.5 Å². The Morgan fingerprint density at radius 1 is 1.24 bits per heavy atom. The number of halogens is 1. The molecule has 0 bridgehead atoms. The lowest BCUT2D eigenvalue weighted by Gasteiger charge is -2.03. The van der Waals surface area contributed by atoms with Gasteiger partial charge in [0.05, 0.1) is 19.7 Å². The summed E-state index contributed by atoms with van der Waals surface area (Å²) in [6.45, 7) is 0. The van der Waals surface area contributed by atoms with Crippen LogP contribution in [0.4, 0.5) is 0 Å². The van der Waals surface area contributed by atoms with Crippen LogP contribution < -0.4 is 10.2 Å². The number of carbonyl (C=O) groups excluding carboxylic acids is 1. The van der Waals surface area contributed by atoms with E-state index in [4.69, 9.17) is 4.74 Å². The van der Waals surface area contributed by atoms with Crippen LogP contribution in [0.5, 0.6) is 5.75 Å². The summed E-state index contributed by atoms with van der Waals surface area (Å²) < 4.78 is 6.19. The molecule has 0 saturated heterocycles. The first-order valence-electron chi connectivity index (χ1n) is 6.38. The van der Waals surface area contributed by atoms with Gasteiger partial charge >= 0.3 is 0 Å². The standard InChI is InChI=1S/C16H15BrN2O2/c1-21-15-5-3-2-4-13(15)11-18-19-16(20)10-12-6-8-14(17)9-7-12/h2-9,11H,10H2,1H3,(H,19,20). The van der Waals surface area contributed by atoms with E-state index < -0.39 is 0 Å². The lowest BCUT2D eigenvalue weighted by atomic mass is 10.1. The fourth-order valence-electron chi connectivity index (χ4n) is 1.77. The molecular weight excluding hydrogens is 332 g/mol. The molecular formula is C16H15BrN2O2. The second-order valence-corrected chi connectivity index (χ2v) is 5.25. The molecule has 0 fully saturated rings. The van der Waals surface area contributed by atoms with Gasteiger partial charge in [-0.1, -0.05) is 40.2 Å². The van der Waals surface area contributed by atoms with E-state index in [0.717, 1.165) is 15.6 Å². The maximum atomic E-state index is 11.8. The SMILES string of the molecule is COc1ccccc1C=NNC(=O)Cc1ccc(Br)cc1. The van der Waals surface area contributed by atoms with Crippen molar-refractivity contribution in [3.8, 4) is 5.75 Å². The molecule has 0 atom stereocenters. The molecule has 0 unspecified atom stereocenters. The molecule has 0 aliphatic rings. The lowest BCUT2D eigenvalue weighted by molar-refractivity contribution is -0.120. The van der Waals surface area contributed by atoms with Crippen LogP contribution in [0.3, 0.4) is 0 Å². The molecule has 4 nitrogen and oxygen atoms in total. The molecule has 108 valence electrons. The van der Waals surface area contributed by atoms with E-state index in [2.05, 4.69) is 26.5 Å². The van der Waals surface area contributed by atoms with Gasteiger partial charge in [-0.3, -0.25) is 4.79 Å². The molecule has 2 aromatic rings. The first kappa shape index (κ1) is 15.3. The number of amides is 1. The molecule has 0 aliphatic heterocycles. The highest BCUT2D eigenvalue weighted by atomic mass is 79.9. The largest absolute Gasteiger partial charge is 0.496 e. The van der Waals surface area contributed by atoms with Crippen molar-refractivity contribution < 1.29 is 9.53 Å². The van der Waals surface area contributed by atoms with Crippen molar-refractivity contribution in [2.75, 3.05) is 7.11 Å². The highest BCUT2D eigenvalue weighted by molar-refractivity contribution is 9.10. The monoisotopic (exact) mass is 346 g/mol. The first-order valence-corrected chi connectivity index (χ1v) is 7.17. The Labute approximate surface area is 132 Å². The average Bonchev–Trinajstić information content (AvgIpc) is 2.50. The highest BCUT2D eigenvalue weighted by Gasteiger charge is 2.02. The van der Waals surface area contributed by atoms with Gasteiger partial charge in [-0.05, 0) is 29.8 Å². The summed E-state index contributed by atoms with van der Waals surface area (Å²) in [6, 6.07) is 15.1. The van der Waals surface area contributed by atoms with Crippen LogP contribution in [0.15, 0.2) is 58.1 Å². The molecule has 0 spiro atoms. The van der Waals surface area contributed by atoms with Crippen molar-refractivity contribution in [1.29, 1.82) is 0 Å². The third kappa shape index (κ3) is 4.72. The number of methoxy groups -OCH3 is 1. The average molecular weight is 347 g/mol. The molecule has 2 rings (SSSR count). The zero-order chi connectivity index (χ0) is 15.1. The fourth-order valence-corrected chi connectivity index (χ4v) is 2.04. The molecule has 2 aromatic carbocycles. The maximum Gasteiger partial charge on any atom is 0.244 e. The quantitative estimate of drug-likeness (QED) is 0.667. The molecule has 0 heterocycles. The summed E-state index contributed by atoms with van der Waals surface area (Å²) in [5.41, 5.74) is 4.25. The summed E-state index contributed by atoms with van der Waals surface area (Å²) in [7, 11) is 1.60. The third-order valence-corrected chi connectivity index (χ3v) is 3.34. The van der Waals surface area contributed by atoms with Gasteiger partial charge in [-0.2, -0.15) is 5.10 Å². The van der Waals surface area contributed by atoms with Crippen molar-refractivity contribution >= 4 is 28.1 Å². The Hall–Kier alpha value is -2.14. The zero-order valence-electron chi connectivity index (χ0n) is 11.5. The van der Waals surface area contributed by atoms with Gasteiger partial charge in [0, 0.05) is 10.0 Å². The van der Waals surface area contributed by atoms with Gasteiger partial charge < -0.3 is 4.74 Å². The number of ether oxygens (including phenoxy) is 1.